The van der Waals surface area contributed by atoms with Gasteiger partial charge < -0.3 is 5.32 Å². The first-order valence-electron chi connectivity index (χ1n) is 7.67. The molecule has 2 aromatic rings. The molecule has 0 aliphatic carbocycles. The lowest BCUT2D eigenvalue weighted by molar-refractivity contribution is -0.117. The highest BCUT2D eigenvalue weighted by atomic mass is 16.2. The molecule has 2 rings (SSSR count). The van der Waals surface area contributed by atoms with Crippen molar-refractivity contribution >= 4 is 41.0 Å². The molecule has 0 spiro atoms. The van der Waals surface area contributed by atoms with Gasteiger partial charge in [-0.05, 0) is 12.8 Å². The molecule has 0 aliphatic rings. The molecule has 9 nitrogen and oxygen atoms in total. The van der Waals surface area contributed by atoms with Crippen molar-refractivity contribution in [1.29, 1.82) is 0 Å². The molecule has 2 aromatic heterocycles. The van der Waals surface area contributed by atoms with E-state index in [0.29, 0.717) is 32.0 Å². The predicted molar refractivity (Wildman–Crippen MR) is 87.6 cm³/mol. The second kappa shape index (κ2) is 8.04. The van der Waals surface area contributed by atoms with Crippen LogP contribution in [0.15, 0.2) is 6.20 Å². The van der Waals surface area contributed by atoms with Gasteiger partial charge in [0.2, 0.25) is 17.8 Å². The smallest absolute Gasteiger partial charge is 0.233 e. The Kier molecular flexibility index (Phi) is 5.83. The molecule has 9 heteroatoms. The van der Waals surface area contributed by atoms with Gasteiger partial charge in [-0.1, -0.05) is 13.8 Å². The minimum absolute atomic E-state index is 0.0286. The summed E-state index contributed by atoms with van der Waals surface area (Å²) in [7, 11) is 0. The van der Waals surface area contributed by atoms with E-state index in [1.807, 2.05) is 13.8 Å². The van der Waals surface area contributed by atoms with Crippen molar-refractivity contribution in [3.05, 3.63) is 11.9 Å². The maximum atomic E-state index is 11.9. The van der Waals surface area contributed by atoms with Gasteiger partial charge in [-0.25, -0.2) is 9.97 Å². The molecule has 0 unspecified atom stereocenters. The highest BCUT2D eigenvalue weighted by Gasteiger charge is 2.15. The number of hydrogen-bond donors (Lipinski definition) is 2. The summed E-state index contributed by atoms with van der Waals surface area (Å²) in [6, 6.07) is 0. The molecule has 0 aliphatic heterocycles. The molecule has 0 saturated carbocycles. The zero-order chi connectivity index (χ0) is 17.5. The lowest BCUT2D eigenvalue weighted by Gasteiger charge is -2.09. The third kappa shape index (κ3) is 4.28. The minimum atomic E-state index is -0.248. The van der Waals surface area contributed by atoms with Crippen molar-refractivity contribution in [1.82, 2.24) is 19.9 Å². The van der Waals surface area contributed by atoms with E-state index >= 15 is 0 Å². The van der Waals surface area contributed by atoms with Crippen molar-refractivity contribution < 1.29 is 14.4 Å². The second-order valence-corrected chi connectivity index (χ2v) is 5.08. The lowest BCUT2D eigenvalue weighted by Crippen LogP contribution is -2.17. The molecular formula is C15H18N6O3. The van der Waals surface area contributed by atoms with Crippen LogP contribution in [0.1, 0.15) is 50.0 Å². The highest BCUT2D eigenvalue weighted by Crippen LogP contribution is 2.19. The number of amides is 2. The van der Waals surface area contributed by atoms with Crippen LogP contribution < -0.4 is 10.6 Å². The first kappa shape index (κ1) is 17.4. The van der Waals surface area contributed by atoms with Crippen LogP contribution in [-0.2, 0) is 9.59 Å². The molecule has 0 radical (unpaired) electrons. The fourth-order valence-corrected chi connectivity index (χ4v) is 1.96. The van der Waals surface area contributed by atoms with Crippen LogP contribution in [-0.4, -0.2) is 38.0 Å². The third-order valence-corrected chi connectivity index (χ3v) is 3.01. The van der Waals surface area contributed by atoms with E-state index < -0.39 is 0 Å². The van der Waals surface area contributed by atoms with Gasteiger partial charge in [0.1, 0.15) is 5.69 Å². The molecule has 2 N–H and O–H groups in total. The zero-order valence-electron chi connectivity index (χ0n) is 13.5. The van der Waals surface area contributed by atoms with Gasteiger partial charge in [-0.2, -0.15) is 9.97 Å². The summed E-state index contributed by atoms with van der Waals surface area (Å²) < 4.78 is 0. The van der Waals surface area contributed by atoms with Crippen molar-refractivity contribution in [2.75, 3.05) is 10.6 Å². The Morgan fingerprint density at radius 1 is 1.04 bits per heavy atom. The van der Waals surface area contributed by atoms with Gasteiger partial charge in [-0.3, -0.25) is 19.7 Å². The number of carbonyl (C=O) groups excluding carboxylic acids is 3. The summed E-state index contributed by atoms with van der Waals surface area (Å²) in [4.78, 5) is 50.8. The van der Waals surface area contributed by atoms with Gasteiger partial charge in [0.15, 0.2) is 23.3 Å². The Labute approximate surface area is 138 Å². The zero-order valence-corrected chi connectivity index (χ0v) is 13.5. The Morgan fingerprint density at radius 3 is 2.33 bits per heavy atom. The maximum absolute atomic E-state index is 11.9. The minimum Gasteiger partial charge on any atom is -0.309 e. The summed E-state index contributed by atoms with van der Waals surface area (Å²) in [5.74, 6) is -0.343. The Hall–Kier alpha value is -2.97. The Balaban J connectivity index is 2.45. The van der Waals surface area contributed by atoms with E-state index in [1.54, 1.807) is 0 Å². The number of aldehydes is 1. The number of carbonyl (C=O) groups is 3. The molecule has 0 fully saturated rings. The van der Waals surface area contributed by atoms with Crippen LogP contribution in [0.25, 0.3) is 11.2 Å². The van der Waals surface area contributed by atoms with Gasteiger partial charge >= 0.3 is 0 Å². The summed E-state index contributed by atoms with van der Waals surface area (Å²) in [6.45, 7) is 3.75. The van der Waals surface area contributed by atoms with Crippen molar-refractivity contribution in [2.45, 2.75) is 39.5 Å². The fraction of sp³-hybridized carbons (Fsp3) is 0.400. The predicted octanol–water partition coefficient (Wildman–Crippen LogP) is 1.71. The number of anilines is 2. The monoisotopic (exact) mass is 330 g/mol. The quantitative estimate of drug-likeness (QED) is 0.740. The first-order chi connectivity index (χ1) is 11.6. The number of fused-ring (bicyclic) bond motifs is 1. The van der Waals surface area contributed by atoms with E-state index in [-0.39, 0.29) is 40.4 Å². The van der Waals surface area contributed by atoms with E-state index in [2.05, 4.69) is 30.6 Å². The number of aromatic nitrogens is 4. The van der Waals surface area contributed by atoms with Crippen LogP contribution in [0.3, 0.4) is 0 Å². The van der Waals surface area contributed by atoms with Gasteiger partial charge in [0, 0.05) is 12.8 Å². The number of hydrogen-bond acceptors (Lipinski definition) is 7. The van der Waals surface area contributed by atoms with Gasteiger partial charge in [0.25, 0.3) is 0 Å². The molecular weight excluding hydrogens is 312 g/mol. The first-order valence-corrected chi connectivity index (χ1v) is 7.67. The molecule has 0 aromatic carbocycles. The second-order valence-electron chi connectivity index (χ2n) is 5.08. The lowest BCUT2D eigenvalue weighted by atomic mass is 10.3. The largest absolute Gasteiger partial charge is 0.309 e. The number of nitrogens with zero attached hydrogens (tertiary/aromatic N) is 4. The summed E-state index contributed by atoms with van der Waals surface area (Å²) in [5.41, 5.74) is 0.464. The molecule has 0 saturated heterocycles. The van der Waals surface area contributed by atoms with Crippen molar-refractivity contribution in [3.8, 4) is 0 Å². The molecule has 2 amide bonds. The average molecular weight is 330 g/mol. The van der Waals surface area contributed by atoms with Crippen LogP contribution in [0.5, 0.6) is 0 Å². The van der Waals surface area contributed by atoms with Crippen LogP contribution >= 0.6 is 0 Å². The summed E-state index contributed by atoms with van der Waals surface area (Å²) in [5, 5.41) is 5.18. The van der Waals surface area contributed by atoms with Crippen LogP contribution in [0.4, 0.5) is 11.8 Å². The molecule has 0 bridgehead atoms. The van der Waals surface area contributed by atoms with Gasteiger partial charge in [-0.15, -0.1) is 0 Å². The number of rotatable bonds is 7. The highest BCUT2D eigenvalue weighted by molar-refractivity contribution is 5.98. The van der Waals surface area contributed by atoms with E-state index in [1.165, 1.54) is 6.20 Å². The fourth-order valence-electron chi connectivity index (χ4n) is 1.96. The van der Waals surface area contributed by atoms with Crippen LogP contribution in [0, 0.1) is 0 Å². The summed E-state index contributed by atoms with van der Waals surface area (Å²) in [6.07, 6.45) is 3.79. The molecule has 24 heavy (non-hydrogen) atoms. The van der Waals surface area contributed by atoms with Gasteiger partial charge in [0.05, 0.1) is 6.20 Å². The number of nitrogens with one attached hydrogen (secondary N) is 2. The SMILES string of the molecule is CCCC(=O)Nc1nc(NC(=O)CCC)c2nc(C=O)cnc2n1. The van der Waals surface area contributed by atoms with Crippen LogP contribution in [0.2, 0.25) is 0 Å². The third-order valence-electron chi connectivity index (χ3n) is 3.01. The maximum Gasteiger partial charge on any atom is 0.233 e. The topological polar surface area (TPSA) is 127 Å². The summed E-state index contributed by atoms with van der Waals surface area (Å²) >= 11 is 0. The van der Waals surface area contributed by atoms with E-state index in [9.17, 15) is 14.4 Å². The average Bonchev–Trinajstić information content (AvgIpc) is 2.55. The molecule has 0 atom stereocenters. The van der Waals surface area contributed by atoms with E-state index in [0.717, 1.165) is 0 Å². The standard InChI is InChI=1S/C15H18N6O3/c1-3-5-10(23)18-14-12-13(16-7-9(8-22)17-12)20-15(21-14)19-11(24)6-4-2/h7-8H,3-6H2,1-2H3,(H2,16,18,19,20,21,23,24). The Morgan fingerprint density at radius 2 is 1.71 bits per heavy atom. The molecule has 2 heterocycles. The van der Waals surface area contributed by atoms with Crippen molar-refractivity contribution in [3.63, 3.8) is 0 Å². The molecule has 126 valence electrons. The Bertz CT molecular complexity index is 777. The normalized spacial score (nSPS) is 10.4. The van der Waals surface area contributed by atoms with E-state index in [4.69, 9.17) is 0 Å². The van der Waals surface area contributed by atoms with Crippen molar-refractivity contribution in [2.24, 2.45) is 0 Å².